The molecule has 0 amide bonds. The Labute approximate surface area is 84.4 Å². The third-order valence-electron chi connectivity index (χ3n) is 3.03. The van der Waals surface area contributed by atoms with E-state index in [0.29, 0.717) is 5.41 Å². The third-order valence-corrected chi connectivity index (χ3v) is 3.03. The number of nitrogens with two attached hydrogens (primary N) is 1. The molecule has 0 aliphatic rings. The second kappa shape index (κ2) is 9.63. The van der Waals surface area contributed by atoms with Crippen molar-refractivity contribution >= 4 is 0 Å². The molecule has 0 unspecified atom stereocenters. The average Bonchev–Trinajstić information content (AvgIpc) is 2.16. The van der Waals surface area contributed by atoms with Gasteiger partial charge < -0.3 is 5.73 Å². The minimum atomic E-state index is 0.675. The first kappa shape index (κ1) is 15.0. The van der Waals surface area contributed by atoms with E-state index in [1.54, 1.807) is 0 Å². The van der Waals surface area contributed by atoms with Crippen molar-refractivity contribution < 1.29 is 0 Å². The van der Waals surface area contributed by atoms with Gasteiger partial charge in [-0.3, -0.25) is 0 Å². The van der Waals surface area contributed by atoms with E-state index >= 15 is 0 Å². The fourth-order valence-electron chi connectivity index (χ4n) is 1.81. The van der Waals surface area contributed by atoms with E-state index < -0.39 is 0 Å². The molecule has 0 spiro atoms. The maximum Gasteiger partial charge on any atom is -0.0136 e. The van der Waals surface area contributed by atoms with E-state index in [1.807, 2.05) is 0 Å². The van der Waals surface area contributed by atoms with Gasteiger partial charge in [0.15, 0.2) is 0 Å². The summed E-state index contributed by atoms with van der Waals surface area (Å²) in [6, 6.07) is 0. The van der Waals surface area contributed by atoms with Crippen molar-refractivity contribution in [2.45, 2.75) is 59.8 Å². The fraction of sp³-hybridized carbons (Fsp3) is 0.833. The van der Waals surface area contributed by atoms with Crippen molar-refractivity contribution in [2.75, 3.05) is 0 Å². The lowest BCUT2D eigenvalue weighted by atomic mass is 9.76. The highest BCUT2D eigenvalue weighted by Crippen LogP contribution is 2.34. The van der Waals surface area contributed by atoms with Crippen LogP contribution in [0, 0.1) is 5.41 Å². The topological polar surface area (TPSA) is 26.0 Å². The molecule has 0 aromatic carbocycles. The van der Waals surface area contributed by atoms with Gasteiger partial charge in [-0.1, -0.05) is 60.0 Å². The minimum Gasteiger partial charge on any atom is -0.405 e. The maximum atomic E-state index is 4.61. The molecule has 80 valence electrons. The van der Waals surface area contributed by atoms with Crippen LogP contribution in [0.2, 0.25) is 0 Å². The summed E-state index contributed by atoms with van der Waals surface area (Å²) in [4.78, 5) is 0. The van der Waals surface area contributed by atoms with Crippen LogP contribution in [0.4, 0.5) is 0 Å². The summed E-state index contributed by atoms with van der Waals surface area (Å²) in [6.07, 6.45) is 8.07. The molecule has 0 rings (SSSR count). The van der Waals surface area contributed by atoms with Crippen molar-refractivity contribution in [1.29, 1.82) is 0 Å². The van der Waals surface area contributed by atoms with Crippen LogP contribution in [-0.2, 0) is 0 Å². The van der Waals surface area contributed by atoms with Crippen LogP contribution in [0.15, 0.2) is 12.8 Å². The largest absolute Gasteiger partial charge is 0.405 e. The quantitative estimate of drug-likeness (QED) is 0.686. The zero-order valence-electron chi connectivity index (χ0n) is 9.90. The van der Waals surface area contributed by atoms with Gasteiger partial charge in [0.05, 0.1) is 0 Å². The Morgan fingerprint density at radius 1 is 1.08 bits per heavy atom. The molecular formula is C12H27N. The summed E-state index contributed by atoms with van der Waals surface area (Å²) in [5, 5.41) is 0. The molecule has 0 heterocycles. The standard InChI is InChI=1S/C10H22.C2H5N/c1-5-9-10(6-2,7-3)8-4;1-2-3/h5-9H2,1-4H3;2H,1,3H2. The first-order chi connectivity index (χ1) is 6.16. The molecule has 0 aliphatic heterocycles. The van der Waals surface area contributed by atoms with Gasteiger partial charge >= 0.3 is 0 Å². The van der Waals surface area contributed by atoms with Crippen LogP contribution < -0.4 is 5.73 Å². The van der Waals surface area contributed by atoms with Crippen LogP contribution >= 0.6 is 0 Å². The summed E-state index contributed by atoms with van der Waals surface area (Å²) in [5.41, 5.74) is 5.29. The van der Waals surface area contributed by atoms with E-state index in [1.165, 1.54) is 38.3 Å². The zero-order valence-corrected chi connectivity index (χ0v) is 9.90. The van der Waals surface area contributed by atoms with Crippen molar-refractivity contribution in [3.8, 4) is 0 Å². The van der Waals surface area contributed by atoms with E-state index in [4.69, 9.17) is 0 Å². The van der Waals surface area contributed by atoms with Crippen molar-refractivity contribution in [2.24, 2.45) is 11.1 Å². The molecule has 13 heavy (non-hydrogen) atoms. The highest BCUT2D eigenvalue weighted by molar-refractivity contribution is 4.73. The molecule has 0 radical (unpaired) electrons. The van der Waals surface area contributed by atoms with E-state index in [9.17, 15) is 0 Å². The van der Waals surface area contributed by atoms with Gasteiger partial charge in [-0.25, -0.2) is 0 Å². The lowest BCUT2D eigenvalue weighted by Crippen LogP contribution is -2.16. The Balaban J connectivity index is 0. The van der Waals surface area contributed by atoms with Gasteiger partial charge in [0, 0.05) is 0 Å². The molecule has 2 N–H and O–H groups in total. The van der Waals surface area contributed by atoms with Crippen LogP contribution in [0.25, 0.3) is 0 Å². The Bertz CT molecular complexity index is 95.4. The number of rotatable bonds is 5. The SMILES string of the molecule is C=CN.CCCC(CC)(CC)CC. The Kier molecular flexibility index (Phi) is 11.1. The molecule has 1 nitrogen and oxygen atoms in total. The van der Waals surface area contributed by atoms with Crippen LogP contribution in [0.1, 0.15) is 59.8 Å². The molecule has 0 fully saturated rings. The van der Waals surface area contributed by atoms with Gasteiger partial charge in [0.25, 0.3) is 0 Å². The van der Waals surface area contributed by atoms with Crippen molar-refractivity contribution in [3.05, 3.63) is 12.8 Å². The van der Waals surface area contributed by atoms with Crippen LogP contribution in [-0.4, -0.2) is 0 Å². The maximum absolute atomic E-state index is 4.61. The van der Waals surface area contributed by atoms with Crippen LogP contribution in [0.3, 0.4) is 0 Å². The van der Waals surface area contributed by atoms with Crippen molar-refractivity contribution in [3.63, 3.8) is 0 Å². The first-order valence-corrected chi connectivity index (χ1v) is 5.48. The summed E-state index contributed by atoms with van der Waals surface area (Å²) in [7, 11) is 0. The highest BCUT2D eigenvalue weighted by atomic mass is 14.5. The summed E-state index contributed by atoms with van der Waals surface area (Å²) >= 11 is 0. The number of hydrogen-bond acceptors (Lipinski definition) is 1. The first-order valence-electron chi connectivity index (χ1n) is 5.48. The van der Waals surface area contributed by atoms with E-state index in [0.717, 1.165) is 0 Å². The van der Waals surface area contributed by atoms with Crippen LogP contribution in [0.5, 0.6) is 0 Å². The lowest BCUT2D eigenvalue weighted by molar-refractivity contribution is 0.226. The predicted octanol–water partition coefficient (Wildman–Crippen LogP) is 4.09. The Hall–Kier alpha value is -0.460. The van der Waals surface area contributed by atoms with E-state index in [-0.39, 0.29) is 0 Å². The smallest absolute Gasteiger partial charge is 0.0136 e. The summed E-state index contributed by atoms with van der Waals surface area (Å²) < 4.78 is 0. The molecule has 0 atom stereocenters. The van der Waals surface area contributed by atoms with Gasteiger partial charge in [0.2, 0.25) is 0 Å². The number of hydrogen-bond donors (Lipinski definition) is 1. The molecule has 1 heteroatoms. The lowest BCUT2D eigenvalue weighted by Gasteiger charge is -2.29. The Morgan fingerprint density at radius 2 is 1.38 bits per heavy atom. The molecule has 0 aromatic heterocycles. The van der Waals surface area contributed by atoms with Gasteiger partial charge in [-0.2, -0.15) is 0 Å². The second-order valence-corrected chi connectivity index (χ2v) is 3.55. The predicted molar refractivity (Wildman–Crippen MR) is 62.6 cm³/mol. The molecular weight excluding hydrogens is 158 g/mol. The van der Waals surface area contributed by atoms with Crippen molar-refractivity contribution in [1.82, 2.24) is 0 Å². The summed E-state index contributed by atoms with van der Waals surface area (Å²) in [6.45, 7) is 12.4. The third kappa shape index (κ3) is 6.68. The zero-order chi connectivity index (χ0) is 10.7. The molecule has 0 aromatic rings. The van der Waals surface area contributed by atoms with Gasteiger partial charge in [-0.05, 0) is 18.0 Å². The van der Waals surface area contributed by atoms with Gasteiger partial charge in [0.1, 0.15) is 0 Å². The normalized spacial score (nSPS) is 10.2. The molecule has 0 bridgehead atoms. The molecule has 0 saturated carbocycles. The fourth-order valence-corrected chi connectivity index (χ4v) is 1.81. The molecule has 0 saturated heterocycles. The monoisotopic (exact) mass is 185 g/mol. The second-order valence-electron chi connectivity index (χ2n) is 3.55. The minimum absolute atomic E-state index is 0.675. The highest BCUT2D eigenvalue weighted by Gasteiger charge is 2.21. The average molecular weight is 185 g/mol. The Morgan fingerprint density at radius 3 is 1.46 bits per heavy atom. The summed E-state index contributed by atoms with van der Waals surface area (Å²) in [5.74, 6) is 0. The molecule has 0 aliphatic carbocycles. The van der Waals surface area contributed by atoms with Gasteiger partial charge in [-0.15, -0.1) is 0 Å². The van der Waals surface area contributed by atoms with E-state index in [2.05, 4.69) is 40.0 Å².